The van der Waals surface area contributed by atoms with Gasteiger partial charge in [-0.2, -0.15) is 0 Å². The highest BCUT2D eigenvalue weighted by Crippen LogP contribution is 2.39. The zero-order valence-corrected chi connectivity index (χ0v) is 14.8. The fourth-order valence-electron chi connectivity index (χ4n) is 3.85. The highest BCUT2D eigenvalue weighted by molar-refractivity contribution is 4.90. The van der Waals surface area contributed by atoms with Gasteiger partial charge < -0.3 is 10.2 Å². The van der Waals surface area contributed by atoms with E-state index in [4.69, 9.17) is 0 Å². The van der Waals surface area contributed by atoms with Crippen LogP contribution in [-0.4, -0.2) is 37.1 Å². The van der Waals surface area contributed by atoms with E-state index in [0.29, 0.717) is 11.5 Å². The molecule has 1 N–H and O–H groups in total. The van der Waals surface area contributed by atoms with Crippen LogP contribution in [0.3, 0.4) is 0 Å². The summed E-state index contributed by atoms with van der Waals surface area (Å²) in [6.07, 6.45) is 5.66. The van der Waals surface area contributed by atoms with Crippen molar-refractivity contribution in [3.05, 3.63) is 0 Å². The molecule has 2 unspecified atom stereocenters. The van der Waals surface area contributed by atoms with Crippen molar-refractivity contribution in [2.24, 2.45) is 17.3 Å². The van der Waals surface area contributed by atoms with Crippen LogP contribution in [0.2, 0.25) is 0 Å². The molecular formula is C18H38N2. The van der Waals surface area contributed by atoms with Crippen molar-refractivity contribution >= 4 is 0 Å². The summed E-state index contributed by atoms with van der Waals surface area (Å²) in [6.45, 7) is 18.9. The highest BCUT2D eigenvalue weighted by atomic mass is 15.1. The lowest BCUT2D eigenvalue weighted by Crippen LogP contribution is -2.48. The molecule has 1 aliphatic carbocycles. The maximum Gasteiger partial charge on any atom is 0.00502 e. The normalized spacial score (nSPS) is 27.8. The van der Waals surface area contributed by atoms with Crippen molar-refractivity contribution in [2.45, 2.75) is 73.3 Å². The van der Waals surface area contributed by atoms with Gasteiger partial charge in [0, 0.05) is 25.7 Å². The molecule has 0 radical (unpaired) electrons. The van der Waals surface area contributed by atoms with Gasteiger partial charge in [-0.15, -0.1) is 0 Å². The van der Waals surface area contributed by atoms with Gasteiger partial charge in [-0.25, -0.2) is 0 Å². The Bertz CT molecular complexity index is 262. The van der Waals surface area contributed by atoms with Crippen molar-refractivity contribution in [1.29, 1.82) is 0 Å². The fourth-order valence-corrected chi connectivity index (χ4v) is 3.85. The Morgan fingerprint density at radius 3 is 2.45 bits per heavy atom. The summed E-state index contributed by atoms with van der Waals surface area (Å²) in [7, 11) is 0. The van der Waals surface area contributed by atoms with Crippen LogP contribution >= 0.6 is 0 Å². The van der Waals surface area contributed by atoms with Crippen LogP contribution in [0.15, 0.2) is 0 Å². The summed E-state index contributed by atoms with van der Waals surface area (Å²) >= 11 is 0. The molecule has 0 aromatic carbocycles. The number of nitrogens with zero attached hydrogens (tertiary/aromatic N) is 1. The van der Waals surface area contributed by atoms with Crippen LogP contribution in [0, 0.1) is 17.3 Å². The Balaban J connectivity index is 2.69. The summed E-state index contributed by atoms with van der Waals surface area (Å²) < 4.78 is 0. The predicted molar refractivity (Wildman–Crippen MR) is 90.2 cm³/mol. The van der Waals surface area contributed by atoms with Gasteiger partial charge in [-0.3, -0.25) is 0 Å². The average molecular weight is 283 g/mol. The minimum atomic E-state index is 0.507. The molecule has 2 atom stereocenters. The van der Waals surface area contributed by atoms with Crippen LogP contribution in [0.5, 0.6) is 0 Å². The summed E-state index contributed by atoms with van der Waals surface area (Å²) in [6, 6.07) is 0.601. The summed E-state index contributed by atoms with van der Waals surface area (Å²) in [5, 5.41) is 3.73. The van der Waals surface area contributed by atoms with E-state index in [-0.39, 0.29) is 0 Å². The Morgan fingerprint density at radius 2 is 1.95 bits per heavy atom. The van der Waals surface area contributed by atoms with Crippen molar-refractivity contribution in [1.82, 2.24) is 10.2 Å². The largest absolute Gasteiger partial charge is 0.314 e. The van der Waals surface area contributed by atoms with Crippen molar-refractivity contribution in [3.8, 4) is 0 Å². The molecule has 0 aromatic heterocycles. The predicted octanol–water partition coefficient (Wildman–Crippen LogP) is 4.16. The molecule has 0 saturated heterocycles. The third kappa shape index (κ3) is 6.13. The fraction of sp³-hybridized carbons (Fsp3) is 1.00. The van der Waals surface area contributed by atoms with Crippen LogP contribution in [0.1, 0.15) is 67.2 Å². The minimum absolute atomic E-state index is 0.507. The van der Waals surface area contributed by atoms with E-state index in [9.17, 15) is 0 Å². The topological polar surface area (TPSA) is 15.3 Å². The van der Waals surface area contributed by atoms with Crippen molar-refractivity contribution in [2.75, 3.05) is 26.2 Å². The molecule has 1 aliphatic rings. The summed E-state index contributed by atoms with van der Waals surface area (Å²) in [4.78, 5) is 2.69. The van der Waals surface area contributed by atoms with Crippen molar-refractivity contribution in [3.63, 3.8) is 0 Å². The Morgan fingerprint density at radius 1 is 1.25 bits per heavy atom. The van der Waals surface area contributed by atoms with E-state index in [1.165, 1.54) is 51.9 Å². The molecule has 0 aliphatic heterocycles. The number of nitrogens with one attached hydrogen (secondary N) is 1. The Kier molecular flexibility index (Phi) is 7.53. The molecule has 1 rings (SSSR count). The van der Waals surface area contributed by atoms with Gasteiger partial charge in [0.25, 0.3) is 0 Å². The second-order valence-electron chi connectivity index (χ2n) is 7.96. The zero-order valence-electron chi connectivity index (χ0n) is 14.8. The zero-order chi connectivity index (χ0) is 15.2. The van der Waals surface area contributed by atoms with E-state index >= 15 is 0 Å². The monoisotopic (exact) mass is 282 g/mol. The minimum Gasteiger partial charge on any atom is -0.314 e. The lowest BCUT2D eigenvalue weighted by atomic mass is 9.69. The van der Waals surface area contributed by atoms with Crippen LogP contribution in [0.25, 0.3) is 0 Å². The van der Waals surface area contributed by atoms with Crippen LogP contribution < -0.4 is 5.32 Å². The smallest absolute Gasteiger partial charge is 0.00502 e. The standard InChI is InChI=1S/C18H38N2/c1-7-20(12-15(2)3)14-18(13-19-16(4)5)10-8-9-17(6)11-18/h15-17,19H,7-14H2,1-6H3. The molecule has 1 fully saturated rings. The van der Waals surface area contributed by atoms with Gasteiger partial charge in [-0.05, 0) is 36.6 Å². The number of hydrogen-bond donors (Lipinski definition) is 1. The molecule has 0 amide bonds. The first-order chi connectivity index (χ1) is 9.37. The Hall–Kier alpha value is -0.0800. The van der Waals surface area contributed by atoms with Gasteiger partial charge in [0.05, 0.1) is 0 Å². The van der Waals surface area contributed by atoms with E-state index in [1.54, 1.807) is 0 Å². The second kappa shape index (κ2) is 8.38. The van der Waals surface area contributed by atoms with Crippen LogP contribution in [-0.2, 0) is 0 Å². The van der Waals surface area contributed by atoms with Gasteiger partial charge in [0.15, 0.2) is 0 Å². The molecule has 1 saturated carbocycles. The van der Waals surface area contributed by atoms with E-state index in [1.807, 2.05) is 0 Å². The first kappa shape index (κ1) is 18.0. The maximum atomic E-state index is 3.73. The molecule has 2 nitrogen and oxygen atoms in total. The SMILES string of the molecule is CCN(CC(C)C)CC1(CNC(C)C)CCCC(C)C1. The van der Waals surface area contributed by atoms with Gasteiger partial charge in [0.1, 0.15) is 0 Å². The molecule has 0 spiro atoms. The third-order valence-electron chi connectivity index (χ3n) is 4.70. The summed E-state index contributed by atoms with van der Waals surface area (Å²) in [5.74, 6) is 1.67. The molecule has 0 bridgehead atoms. The van der Waals surface area contributed by atoms with Crippen molar-refractivity contribution < 1.29 is 0 Å². The third-order valence-corrected chi connectivity index (χ3v) is 4.70. The summed E-state index contributed by atoms with van der Waals surface area (Å²) in [5.41, 5.74) is 0.507. The number of hydrogen-bond acceptors (Lipinski definition) is 2. The van der Waals surface area contributed by atoms with Gasteiger partial charge in [0.2, 0.25) is 0 Å². The lowest BCUT2D eigenvalue weighted by molar-refractivity contribution is 0.0750. The van der Waals surface area contributed by atoms with Gasteiger partial charge in [-0.1, -0.05) is 54.4 Å². The second-order valence-corrected chi connectivity index (χ2v) is 7.96. The van der Waals surface area contributed by atoms with Crippen LogP contribution in [0.4, 0.5) is 0 Å². The maximum absolute atomic E-state index is 3.73. The number of rotatable bonds is 8. The molecular weight excluding hydrogens is 244 g/mol. The molecule has 20 heavy (non-hydrogen) atoms. The molecule has 0 aromatic rings. The first-order valence-electron chi connectivity index (χ1n) is 8.82. The van der Waals surface area contributed by atoms with E-state index < -0.39 is 0 Å². The quantitative estimate of drug-likeness (QED) is 0.719. The molecule has 0 heterocycles. The molecule has 120 valence electrons. The lowest BCUT2D eigenvalue weighted by Gasteiger charge is -2.44. The first-order valence-corrected chi connectivity index (χ1v) is 8.82. The molecule has 2 heteroatoms. The Labute approximate surface area is 127 Å². The van der Waals surface area contributed by atoms with Gasteiger partial charge >= 0.3 is 0 Å². The highest BCUT2D eigenvalue weighted by Gasteiger charge is 2.36. The van der Waals surface area contributed by atoms with E-state index in [0.717, 1.165) is 11.8 Å². The average Bonchev–Trinajstić information content (AvgIpc) is 2.35. The van der Waals surface area contributed by atoms with E-state index in [2.05, 4.69) is 51.8 Å².